The van der Waals surface area contributed by atoms with Gasteiger partial charge in [-0.05, 0) is 86.9 Å². The van der Waals surface area contributed by atoms with Crippen LogP contribution in [0.3, 0.4) is 0 Å². The maximum Gasteiger partial charge on any atom is 0.0468 e. The van der Waals surface area contributed by atoms with E-state index >= 15 is 0 Å². The standard InChI is InChI=1S/C30H62O4/c1-27(25-29(3,4)5)15-23-33-21-13-11-19-31-17-9-10-18-32-20-12-14-22-34-24-16-28(2)26-30(6,7)8/h27-28H,9-26H2,1-8H3. The van der Waals surface area contributed by atoms with E-state index in [1.165, 1.54) is 25.7 Å². The van der Waals surface area contributed by atoms with Crippen molar-refractivity contribution in [1.29, 1.82) is 0 Å². The molecule has 0 N–H and O–H groups in total. The molecule has 2 atom stereocenters. The summed E-state index contributed by atoms with van der Waals surface area (Å²) in [6.45, 7) is 25.4. The quantitative estimate of drug-likeness (QED) is 0.136. The molecule has 0 bridgehead atoms. The van der Waals surface area contributed by atoms with Crippen molar-refractivity contribution < 1.29 is 18.9 Å². The van der Waals surface area contributed by atoms with Gasteiger partial charge in [0.05, 0.1) is 0 Å². The fourth-order valence-corrected chi connectivity index (χ4v) is 4.50. The summed E-state index contributed by atoms with van der Waals surface area (Å²) in [7, 11) is 0. The molecule has 0 aromatic heterocycles. The van der Waals surface area contributed by atoms with Crippen LogP contribution in [-0.2, 0) is 18.9 Å². The van der Waals surface area contributed by atoms with Gasteiger partial charge in [-0.25, -0.2) is 0 Å². The maximum absolute atomic E-state index is 5.78. The Labute approximate surface area is 214 Å². The topological polar surface area (TPSA) is 36.9 Å². The van der Waals surface area contributed by atoms with Crippen LogP contribution in [0.4, 0.5) is 0 Å². The molecule has 0 aromatic rings. The van der Waals surface area contributed by atoms with E-state index in [0.29, 0.717) is 10.8 Å². The van der Waals surface area contributed by atoms with Gasteiger partial charge in [0.15, 0.2) is 0 Å². The van der Waals surface area contributed by atoms with Crippen LogP contribution in [0.15, 0.2) is 0 Å². The van der Waals surface area contributed by atoms with Gasteiger partial charge in [-0.1, -0.05) is 55.4 Å². The van der Waals surface area contributed by atoms with E-state index in [0.717, 1.165) is 103 Å². The Morgan fingerprint density at radius 3 is 0.882 bits per heavy atom. The van der Waals surface area contributed by atoms with Crippen LogP contribution < -0.4 is 0 Å². The first kappa shape index (κ1) is 33.8. The average molecular weight is 487 g/mol. The van der Waals surface area contributed by atoms with Crippen LogP contribution >= 0.6 is 0 Å². The second-order valence-corrected chi connectivity index (χ2v) is 12.9. The van der Waals surface area contributed by atoms with Crippen LogP contribution in [-0.4, -0.2) is 52.9 Å². The van der Waals surface area contributed by atoms with Gasteiger partial charge in [0.2, 0.25) is 0 Å². The molecule has 0 aliphatic carbocycles. The third-order valence-corrected chi connectivity index (χ3v) is 5.91. The summed E-state index contributed by atoms with van der Waals surface area (Å²) in [5, 5.41) is 0. The minimum atomic E-state index is 0.419. The van der Waals surface area contributed by atoms with Gasteiger partial charge in [0.25, 0.3) is 0 Å². The highest BCUT2D eigenvalue weighted by molar-refractivity contribution is 4.67. The second kappa shape index (κ2) is 21.0. The molecule has 0 spiro atoms. The predicted octanol–water partition coefficient (Wildman–Crippen LogP) is 8.32. The molecule has 0 aliphatic rings. The first-order valence-corrected chi connectivity index (χ1v) is 14.3. The summed E-state index contributed by atoms with van der Waals surface area (Å²) in [5.74, 6) is 1.48. The van der Waals surface area contributed by atoms with Crippen LogP contribution in [0.5, 0.6) is 0 Å². The lowest BCUT2D eigenvalue weighted by Crippen LogP contribution is -2.13. The number of unbranched alkanes of at least 4 members (excludes halogenated alkanes) is 3. The van der Waals surface area contributed by atoms with Crippen LogP contribution in [0.2, 0.25) is 0 Å². The van der Waals surface area contributed by atoms with Gasteiger partial charge in [-0.3, -0.25) is 0 Å². The molecule has 0 radical (unpaired) electrons. The Morgan fingerprint density at radius 2 is 0.647 bits per heavy atom. The maximum atomic E-state index is 5.78. The lowest BCUT2D eigenvalue weighted by atomic mass is 9.84. The third kappa shape index (κ3) is 28.1. The molecule has 0 aromatic carbocycles. The number of ether oxygens (including phenoxy) is 4. The van der Waals surface area contributed by atoms with Crippen LogP contribution in [0, 0.1) is 22.7 Å². The van der Waals surface area contributed by atoms with E-state index in [9.17, 15) is 0 Å². The molecular weight excluding hydrogens is 424 g/mol. The Hall–Kier alpha value is -0.160. The van der Waals surface area contributed by atoms with Crippen LogP contribution in [0.1, 0.15) is 120 Å². The summed E-state index contributed by atoms with van der Waals surface area (Å²) in [4.78, 5) is 0. The van der Waals surface area contributed by atoms with Crippen molar-refractivity contribution in [3.05, 3.63) is 0 Å². The summed E-state index contributed by atoms with van der Waals surface area (Å²) >= 11 is 0. The molecular formula is C30H62O4. The van der Waals surface area contributed by atoms with Crippen molar-refractivity contribution >= 4 is 0 Å². The lowest BCUT2D eigenvalue weighted by molar-refractivity contribution is 0.0807. The van der Waals surface area contributed by atoms with E-state index in [-0.39, 0.29) is 0 Å². The van der Waals surface area contributed by atoms with E-state index in [4.69, 9.17) is 18.9 Å². The molecule has 4 nitrogen and oxygen atoms in total. The zero-order valence-corrected chi connectivity index (χ0v) is 24.5. The first-order chi connectivity index (χ1) is 16.0. The van der Waals surface area contributed by atoms with Crippen molar-refractivity contribution in [1.82, 2.24) is 0 Å². The SMILES string of the molecule is CC(CCOCCCCOCCCCOCCCCOCCC(C)CC(C)(C)C)CC(C)(C)C. The summed E-state index contributed by atoms with van der Waals surface area (Å²) in [5.41, 5.74) is 0.839. The summed E-state index contributed by atoms with van der Waals surface area (Å²) in [6.07, 6.45) is 11.4. The third-order valence-electron chi connectivity index (χ3n) is 5.91. The minimum absolute atomic E-state index is 0.419. The van der Waals surface area contributed by atoms with Crippen molar-refractivity contribution in [3.63, 3.8) is 0 Å². The Kier molecular flexibility index (Phi) is 20.9. The highest BCUT2D eigenvalue weighted by atomic mass is 16.5. The minimum Gasteiger partial charge on any atom is -0.381 e. The monoisotopic (exact) mass is 486 g/mol. The molecule has 4 heteroatoms. The molecule has 0 heterocycles. The zero-order valence-electron chi connectivity index (χ0n) is 24.5. The Balaban J connectivity index is 3.19. The molecule has 206 valence electrons. The highest BCUT2D eigenvalue weighted by Gasteiger charge is 2.15. The number of hydrogen-bond acceptors (Lipinski definition) is 4. The number of hydrogen-bond donors (Lipinski definition) is 0. The van der Waals surface area contributed by atoms with Gasteiger partial charge < -0.3 is 18.9 Å². The largest absolute Gasteiger partial charge is 0.381 e. The van der Waals surface area contributed by atoms with Gasteiger partial charge >= 0.3 is 0 Å². The van der Waals surface area contributed by atoms with Crippen molar-refractivity contribution in [3.8, 4) is 0 Å². The van der Waals surface area contributed by atoms with Crippen molar-refractivity contribution in [2.24, 2.45) is 22.7 Å². The Morgan fingerprint density at radius 1 is 0.412 bits per heavy atom. The average Bonchev–Trinajstić information content (AvgIpc) is 2.69. The van der Waals surface area contributed by atoms with Crippen molar-refractivity contribution in [2.75, 3.05) is 52.9 Å². The molecule has 2 unspecified atom stereocenters. The molecule has 0 aliphatic heterocycles. The first-order valence-electron chi connectivity index (χ1n) is 14.3. The highest BCUT2D eigenvalue weighted by Crippen LogP contribution is 2.26. The summed E-state index contributed by atoms with van der Waals surface area (Å²) < 4.78 is 23.0. The fourth-order valence-electron chi connectivity index (χ4n) is 4.50. The van der Waals surface area contributed by atoms with Gasteiger partial charge in [0.1, 0.15) is 0 Å². The van der Waals surface area contributed by atoms with Gasteiger partial charge in [-0.15, -0.1) is 0 Å². The molecule has 34 heavy (non-hydrogen) atoms. The lowest BCUT2D eigenvalue weighted by Gasteiger charge is -2.23. The normalized spacial score (nSPS) is 14.5. The molecule has 0 saturated carbocycles. The van der Waals surface area contributed by atoms with E-state index < -0.39 is 0 Å². The van der Waals surface area contributed by atoms with E-state index in [2.05, 4.69) is 55.4 Å². The summed E-state index contributed by atoms with van der Waals surface area (Å²) in [6, 6.07) is 0. The van der Waals surface area contributed by atoms with Crippen LogP contribution in [0.25, 0.3) is 0 Å². The number of rotatable bonds is 23. The Bertz CT molecular complexity index is 385. The van der Waals surface area contributed by atoms with Crippen molar-refractivity contribution in [2.45, 2.75) is 120 Å². The molecule has 0 amide bonds. The van der Waals surface area contributed by atoms with E-state index in [1.807, 2.05) is 0 Å². The smallest absolute Gasteiger partial charge is 0.0468 e. The fraction of sp³-hybridized carbons (Fsp3) is 1.00. The predicted molar refractivity (Wildman–Crippen MR) is 147 cm³/mol. The van der Waals surface area contributed by atoms with Gasteiger partial charge in [0, 0.05) is 52.9 Å². The van der Waals surface area contributed by atoms with Gasteiger partial charge in [-0.2, -0.15) is 0 Å². The second-order valence-electron chi connectivity index (χ2n) is 12.9. The molecule has 0 saturated heterocycles. The zero-order chi connectivity index (χ0) is 25.7. The van der Waals surface area contributed by atoms with E-state index in [1.54, 1.807) is 0 Å². The molecule has 0 rings (SSSR count). The molecule has 0 fully saturated rings.